The largest absolute Gasteiger partial charge is 0.380 e. The van der Waals surface area contributed by atoms with Crippen LogP contribution in [0, 0.1) is 0 Å². The Kier molecular flexibility index (Phi) is 4.17. The normalized spacial score (nSPS) is 19.7. The molecule has 1 aromatic heterocycles. The van der Waals surface area contributed by atoms with Crippen LogP contribution in [0.2, 0.25) is 0 Å². The number of anilines is 2. The fraction of sp³-hybridized carbons (Fsp3) is 0.636. The molecule has 5 nitrogen and oxygen atoms in total. The molecule has 94 valence electrons. The van der Waals surface area contributed by atoms with Gasteiger partial charge in [0.25, 0.3) is 0 Å². The second-order valence-corrected chi connectivity index (χ2v) is 4.78. The standard InChI is InChI=1S/C11H17BrN4O/c1-3-13-10-9(12)11(15-7-14-10)16-5-4-8(6-16)17-2/h7-8H,3-6H2,1-2H3,(H,13,14,15). The highest BCUT2D eigenvalue weighted by Crippen LogP contribution is 2.31. The summed E-state index contributed by atoms with van der Waals surface area (Å²) in [6.07, 6.45) is 2.95. The summed E-state index contributed by atoms with van der Waals surface area (Å²) in [5.41, 5.74) is 0. The van der Waals surface area contributed by atoms with Gasteiger partial charge in [0.05, 0.1) is 6.10 Å². The molecule has 1 aromatic rings. The topological polar surface area (TPSA) is 50.3 Å². The summed E-state index contributed by atoms with van der Waals surface area (Å²) in [5.74, 6) is 1.79. The molecule has 1 aliphatic rings. The van der Waals surface area contributed by atoms with Gasteiger partial charge in [0.15, 0.2) is 0 Å². The van der Waals surface area contributed by atoms with Crippen LogP contribution < -0.4 is 10.2 Å². The van der Waals surface area contributed by atoms with E-state index < -0.39 is 0 Å². The van der Waals surface area contributed by atoms with Crippen LogP contribution in [0.25, 0.3) is 0 Å². The van der Waals surface area contributed by atoms with Crippen LogP contribution in [-0.2, 0) is 4.74 Å². The molecule has 0 aliphatic carbocycles. The molecular weight excluding hydrogens is 284 g/mol. The van der Waals surface area contributed by atoms with E-state index in [0.717, 1.165) is 42.2 Å². The van der Waals surface area contributed by atoms with Crippen molar-refractivity contribution >= 4 is 27.6 Å². The molecule has 17 heavy (non-hydrogen) atoms. The lowest BCUT2D eigenvalue weighted by Crippen LogP contribution is -2.24. The van der Waals surface area contributed by atoms with E-state index >= 15 is 0 Å². The van der Waals surface area contributed by atoms with E-state index in [2.05, 4.69) is 36.1 Å². The number of rotatable bonds is 4. The van der Waals surface area contributed by atoms with Crippen LogP contribution >= 0.6 is 15.9 Å². The average molecular weight is 301 g/mol. The van der Waals surface area contributed by atoms with Crippen LogP contribution in [0.3, 0.4) is 0 Å². The Labute approximate surface area is 110 Å². The first kappa shape index (κ1) is 12.6. The van der Waals surface area contributed by atoms with Crippen molar-refractivity contribution in [2.75, 3.05) is 37.0 Å². The zero-order valence-corrected chi connectivity index (χ0v) is 11.7. The third-order valence-electron chi connectivity index (χ3n) is 2.89. The number of nitrogens with one attached hydrogen (secondary N) is 1. The van der Waals surface area contributed by atoms with E-state index in [1.165, 1.54) is 0 Å². The van der Waals surface area contributed by atoms with Crippen molar-refractivity contribution < 1.29 is 4.74 Å². The first-order chi connectivity index (χ1) is 8.26. The highest BCUT2D eigenvalue weighted by molar-refractivity contribution is 9.10. The number of aromatic nitrogens is 2. The molecule has 1 saturated heterocycles. The SMILES string of the molecule is CCNc1ncnc(N2CCC(OC)C2)c1Br. The number of methoxy groups -OCH3 is 1. The first-order valence-electron chi connectivity index (χ1n) is 5.78. The predicted molar refractivity (Wildman–Crippen MR) is 71.5 cm³/mol. The molecule has 6 heteroatoms. The zero-order chi connectivity index (χ0) is 12.3. The highest BCUT2D eigenvalue weighted by Gasteiger charge is 2.25. The van der Waals surface area contributed by atoms with Crippen LogP contribution in [0.5, 0.6) is 0 Å². The third-order valence-corrected chi connectivity index (χ3v) is 3.62. The number of halogens is 1. The maximum absolute atomic E-state index is 5.36. The number of nitrogens with zero attached hydrogens (tertiary/aromatic N) is 3. The van der Waals surface area contributed by atoms with E-state index in [-0.39, 0.29) is 0 Å². The molecule has 1 aliphatic heterocycles. The molecule has 0 spiro atoms. The van der Waals surface area contributed by atoms with E-state index in [9.17, 15) is 0 Å². The summed E-state index contributed by atoms with van der Waals surface area (Å²) in [7, 11) is 1.76. The van der Waals surface area contributed by atoms with Gasteiger partial charge in [0, 0.05) is 26.7 Å². The summed E-state index contributed by atoms with van der Waals surface area (Å²) < 4.78 is 6.29. The van der Waals surface area contributed by atoms with Crippen molar-refractivity contribution in [2.45, 2.75) is 19.4 Å². The van der Waals surface area contributed by atoms with Gasteiger partial charge < -0.3 is 15.0 Å². The molecule has 0 aromatic carbocycles. The van der Waals surface area contributed by atoms with Gasteiger partial charge in [-0.15, -0.1) is 0 Å². The minimum absolute atomic E-state index is 0.305. The number of hydrogen-bond acceptors (Lipinski definition) is 5. The summed E-state index contributed by atoms with van der Waals surface area (Å²) in [4.78, 5) is 10.8. The Morgan fingerprint density at radius 2 is 2.41 bits per heavy atom. The highest BCUT2D eigenvalue weighted by atomic mass is 79.9. The Hall–Kier alpha value is -0.880. The first-order valence-corrected chi connectivity index (χ1v) is 6.57. The second-order valence-electron chi connectivity index (χ2n) is 3.98. The molecule has 0 bridgehead atoms. The summed E-state index contributed by atoms with van der Waals surface area (Å²) >= 11 is 3.56. The van der Waals surface area contributed by atoms with Crippen LogP contribution in [0.1, 0.15) is 13.3 Å². The van der Waals surface area contributed by atoms with Gasteiger partial charge in [-0.1, -0.05) is 0 Å². The molecular formula is C11H17BrN4O. The number of ether oxygens (including phenoxy) is 1. The number of hydrogen-bond donors (Lipinski definition) is 1. The predicted octanol–water partition coefficient (Wildman–Crippen LogP) is 1.90. The smallest absolute Gasteiger partial charge is 0.148 e. The quantitative estimate of drug-likeness (QED) is 0.920. The maximum Gasteiger partial charge on any atom is 0.148 e. The second kappa shape index (κ2) is 5.64. The van der Waals surface area contributed by atoms with Crippen molar-refractivity contribution in [2.24, 2.45) is 0 Å². The van der Waals surface area contributed by atoms with Crippen molar-refractivity contribution in [1.82, 2.24) is 9.97 Å². The molecule has 1 N–H and O–H groups in total. The van der Waals surface area contributed by atoms with Crippen molar-refractivity contribution in [3.8, 4) is 0 Å². The van der Waals surface area contributed by atoms with Crippen LogP contribution in [0.15, 0.2) is 10.8 Å². The molecule has 1 fully saturated rings. The maximum atomic E-state index is 5.36. The van der Waals surface area contributed by atoms with E-state index in [1.807, 2.05) is 6.92 Å². The van der Waals surface area contributed by atoms with Gasteiger partial charge in [-0.25, -0.2) is 9.97 Å². The molecule has 2 rings (SSSR count). The molecule has 0 saturated carbocycles. The van der Waals surface area contributed by atoms with Crippen molar-refractivity contribution in [1.29, 1.82) is 0 Å². The lowest BCUT2D eigenvalue weighted by atomic mass is 10.3. The van der Waals surface area contributed by atoms with Crippen molar-refractivity contribution in [3.05, 3.63) is 10.8 Å². The molecule has 2 heterocycles. The van der Waals surface area contributed by atoms with Gasteiger partial charge in [-0.2, -0.15) is 0 Å². The summed E-state index contributed by atoms with van der Waals surface area (Å²) in [5, 5.41) is 3.21. The zero-order valence-electron chi connectivity index (χ0n) is 10.1. The third kappa shape index (κ3) is 2.69. The lowest BCUT2D eigenvalue weighted by Gasteiger charge is -2.19. The fourth-order valence-corrected chi connectivity index (χ4v) is 2.58. The van der Waals surface area contributed by atoms with E-state index in [1.54, 1.807) is 13.4 Å². The van der Waals surface area contributed by atoms with Gasteiger partial charge in [0.2, 0.25) is 0 Å². The fourth-order valence-electron chi connectivity index (χ4n) is 1.98. The monoisotopic (exact) mass is 300 g/mol. The van der Waals surface area contributed by atoms with Gasteiger partial charge >= 0.3 is 0 Å². The minimum atomic E-state index is 0.305. The molecule has 0 radical (unpaired) electrons. The lowest BCUT2D eigenvalue weighted by molar-refractivity contribution is 0.121. The molecule has 0 amide bonds. The van der Waals surface area contributed by atoms with E-state index in [0.29, 0.717) is 6.10 Å². The Bertz CT molecular complexity index is 388. The minimum Gasteiger partial charge on any atom is -0.380 e. The Morgan fingerprint density at radius 3 is 3.06 bits per heavy atom. The molecule has 1 unspecified atom stereocenters. The molecule has 1 atom stereocenters. The van der Waals surface area contributed by atoms with Crippen LogP contribution in [0.4, 0.5) is 11.6 Å². The summed E-state index contributed by atoms with van der Waals surface area (Å²) in [6.45, 7) is 4.75. The van der Waals surface area contributed by atoms with Gasteiger partial charge in [-0.3, -0.25) is 0 Å². The average Bonchev–Trinajstić information content (AvgIpc) is 2.80. The van der Waals surface area contributed by atoms with Gasteiger partial charge in [0.1, 0.15) is 22.4 Å². The van der Waals surface area contributed by atoms with Crippen LogP contribution in [-0.4, -0.2) is 42.8 Å². The summed E-state index contributed by atoms with van der Waals surface area (Å²) in [6, 6.07) is 0. The van der Waals surface area contributed by atoms with Gasteiger partial charge in [-0.05, 0) is 29.3 Å². The van der Waals surface area contributed by atoms with Crippen molar-refractivity contribution in [3.63, 3.8) is 0 Å². The Balaban J connectivity index is 2.18. The van der Waals surface area contributed by atoms with E-state index in [4.69, 9.17) is 4.74 Å². The Morgan fingerprint density at radius 1 is 1.59 bits per heavy atom.